The SMILES string of the molecule is CC(C(C(=O)Nc1cc(CC2(C(=O)O)CC2)ccc1Cl)c1ccc(CC(F)(F)F)cc1)C(F)(F)F. The fourth-order valence-corrected chi connectivity index (χ4v) is 4.09. The second-order valence-corrected chi connectivity index (χ2v) is 9.31. The van der Waals surface area contributed by atoms with Crippen LogP contribution < -0.4 is 5.32 Å². The number of hydrogen-bond acceptors (Lipinski definition) is 2. The van der Waals surface area contributed by atoms with Crippen molar-refractivity contribution >= 4 is 29.2 Å². The maximum Gasteiger partial charge on any atom is 0.393 e. The Labute approximate surface area is 202 Å². The van der Waals surface area contributed by atoms with Crippen LogP contribution in [-0.4, -0.2) is 29.3 Å². The van der Waals surface area contributed by atoms with Gasteiger partial charge >= 0.3 is 18.3 Å². The van der Waals surface area contributed by atoms with Crippen molar-refractivity contribution in [1.29, 1.82) is 0 Å². The number of rotatable bonds is 8. The molecule has 1 saturated carbocycles. The average Bonchev–Trinajstić information content (AvgIpc) is 3.51. The Morgan fingerprint density at radius 3 is 2.09 bits per heavy atom. The number of alkyl halides is 6. The van der Waals surface area contributed by atoms with Crippen LogP contribution in [0.1, 0.15) is 42.4 Å². The number of aliphatic carboxylic acids is 1. The first kappa shape index (κ1) is 26.8. The number of amides is 1. The molecule has 2 N–H and O–H groups in total. The first-order valence-electron chi connectivity index (χ1n) is 10.7. The Balaban J connectivity index is 1.87. The first-order valence-corrected chi connectivity index (χ1v) is 11.0. The van der Waals surface area contributed by atoms with Gasteiger partial charge in [-0.3, -0.25) is 9.59 Å². The summed E-state index contributed by atoms with van der Waals surface area (Å²) in [5.41, 5.74) is -0.595. The van der Waals surface area contributed by atoms with E-state index in [1.165, 1.54) is 12.1 Å². The largest absolute Gasteiger partial charge is 0.481 e. The Bertz CT molecular complexity index is 1090. The van der Waals surface area contributed by atoms with Gasteiger partial charge in [-0.1, -0.05) is 48.9 Å². The van der Waals surface area contributed by atoms with E-state index in [-0.39, 0.29) is 28.3 Å². The molecule has 1 aliphatic rings. The molecule has 0 radical (unpaired) electrons. The van der Waals surface area contributed by atoms with Crippen LogP contribution in [0.4, 0.5) is 32.0 Å². The molecule has 1 aliphatic carbocycles. The zero-order valence-corrected chi connectivity index (χ0v) is 19.2. The second kappa shape index (κ2) is 9.72. The summed E-state index contributed by atoms with van der Waals surface area (Å²) < 4.78 is 78.6. The van der Waals surface area contributed by atoms with Crippen LogP contribution in [0.25, 0.3) is 0 Å². The number of hydrogen-bond donors (Lipinski definition) is 2. The Morgan fingerprint density at radius 2 is 1.60 bits per heavy atom. The van der Waals surface area contributed by atoms with Crippen LogP contribution in [0.3, 0.4) is 0 Å². The lowest BCUT2D eigenvalue weighted by atomic mass is 9.85. The lowest BCUT2D eigenvalue weighted by Gasteiger charge is -2.26. The van der Waals surface area contributed by atoms with E-state index in [1.54, 1.807) is 6.07 Å². The molecule has 2 aromatic rings. The molecule has 0 spiro atoms. The van der Waals surface area contributed by atoms with E-state index in [9.17, 15) is 41.0 Å². The molecule has 2 atom stereocenters. The fraction of sp³-hybridized carbons (Fsp3) is 0.417. The van der Waals surface area contributed by atoms with Gasteiger partial charge in [0.25, 0.3) is 0 Å². The second-order valence-electron chi connectivity index (χ2n) is 8.91. The van der Waals surface area contributed by atoms with Crippen molar-refractivity contribution in [3.05, 3.63) is 64.2 Å². The highest BCUT2D eigenvalue weighted by Crippen LogP contribution is 2.49. The topological polar surface area (TPSA) is 66.4 Å². The molecule has 11 heteroatoms. The quantitative estimate of drug-likeness (QED) is 0.377. The Kier molecular flexibility index (Phi) is 7.45. The highest BCUT2D eigenvalue weighted by atomic mass is 35.5. The van der Waals surface area contributed by atoms with Gasteiger partial charge in [-0.05, 0) is 48.1 Å². The third-order valence-corrected chi connectivity index (χ3v) is 6.51. The Morgan fingerprint density at radius 1 is 1.03 bits per heavy atom. The fourth-order valence-electron chi connectivity index (χ4n) is 3.93. The van der Waals surface area contributed by atoms with Crippen molar-refractivity contribution in [2.45, 2.75) is 50.9 Å². The summed E-state index contributed by atoms with van der Waals surface area (Å²) in [6.45, 7) is 0.815. The first-order chi connectivity index (χ1) is 16.1. The maximum atomic E-state index is 13.6. The number of carbonyl (C=O) groups is 2. The summed E-state index contributed by atoms with van der Waals surface area (Å²) in [6.07, 6.45) is -9.36. The predicted octanol–water partition coefficient (Wildman–Crippen LogP) is 6.77. The minimum Gasteiger partial charge on any atom is -0.481 e. The molecule has 3 rings (SSSR count). The molecule has 0 aliphatic heterocycles. The summed E-state index contributed by atoms with van der Waals surface area (Å²) in [6, 6.07) is 8.66. The summed E-state index contributed by atoms with van der Waals surface area (Å²) in [5, 5.41) is 11.8. The van der Waals surface area contributed by atoms with Crippen LogP contribution in [0.2, 0.25) is 5.02 Å². The van der Waals surface area contributed by atoms with Gasteiger partial charge in [-0.15, -0.1) is 0 Å². The van der Waals surface area contributed by atoms with E-state index >= 15 is 0 Å². The molecule has 2 unspecified atom stereocenters. The van der Waals surface area contributed by atoms with Crippen LogP contribution >= 0.6 is 11.6 Å². The summed E-state index contributed by atoms with van der Waals surface area (Å²) in [4.78, 5) is 24.5. The van der Waals surface area contributed by atoms with Gasteiger partial charge < -0.3 is 10.4 Å². The third kappa shape index (κ3) is 6.68. The number of carbonyl (C=O) groups excluding carboxylic acids is 1. The molecule has 0 aromatic heterocycles. The lowest BCUT2D eigenvalue weighted by Crippen LogP contribution is -2.34. The minimum atomic E-state index is -4.77. The molecule has 0 bridgehead atoms. The van der Waals surface area contributed by atoms with Gasteiger partial charge in [-0.2, -0.15) is 26.3 Å². The summed E-state index contributed by atoms with van der Waals surface area (Å²) >= 11 is 6.13. The predicted molar refractivity (Wildman–Crippen MR) is 117 cm³/mol. The molecule has 2 aromatic carbocycles. The minimum absolute atomic E-state index is 0.0171. The number of carboxylic acid groups (broad SMARTS) is 1. The molecule has 190 valence electrons. The van der Waals surface area contributed by atoms with Gasteiger partial charge in [0, 0.05) is 0 Å². The Hall–Kier alpha value is -2.75. The standard InChI is InChI=1S/C24H22ClF6NO3/c1-13(24(29,30)31)19(16-5-2-14(3-6-16)12-23(26,27)28)20(33)32-18-10-15(4-7-17(18)25)11-22(8-9-22)21(34)35/h2-7,10,13,19H,8-9,11-12H2,1H3,(H,32,33)(H,34,35). The molecular weight excluding hydrogens is 500 g/mol. The lowest BCUT2D eigenvalue weighted by molar-refractivity contribution is -0.178. The zero-order valence-electron chi connectivity index (χ0n) is 18.4. The molecule has 1 fully saturated rings. The van der Waals surface area contributed by atoms with Crippen LogP contribution in [-0.2, 0) is 22.4 Å². The van der Waals surface area contributed by atoms with Gasteiger partial charge in [0.05, 0.1) is 34.4 Å². The van der Waals surface area contributed by atoms with E-state index in [0.29, 0.717) is 18.4 Å². The number of halogens is 7. The third-order valence-electron chi connectivity index (χ3n) is 6.18. The van der Waals surface area contributed by atoms with Crippen LogP contribution in [0.15, 0.2) is 42.5 Å². The number of carboxylic acids is 1. The van der Waals surface area contributed by atoms with Crippen LogP contribution in [0, 0.1) is 11.3 Å². The monoisotopic (exact) mass is 521 g/mol. The van der Waals surface area contributed by atoms with Crippen molar-refractivity contribution in [1.82, 2.24) is 0 Å². The van der Waals surface area contributed by atoms with Crippen LogP contribution in [0.5, 0.6) is 0 Å². The normalized spacial score (nSPS) is 16.9. The van der Waals surface area contributed by atoms with Crippen molar-refractivity contribution in [3.63, 3.8) is 0 Å². The molecule has 0 saturated heterocycles. The summed E-state index contributed by atoms with van der Waals surface area (Å²) in [7, 11) is 0. The molecule has 1 amide bonds. The number of nitrogens with one attached hydrogen (secondary N) is 1. The molecule has 35 heavy (non-hydrogen) atoms. The van der Waals surface area contributed by atoms with Crippen molar-refractivity contribution in [2.75, 3.05) is 5.32 Å². The van der Waals surface area contributed by atoms with E-state index in [1.807, 2.05) is 0 Å². The van der Waals surface area contributed by atoms with Gasteiger partial charge in [0.2, 0.25) is 5.91 Å². The van der Waals surface area contributed by atoms with Crippen molar-refractivity contribution in [3.8, 4) is 0 Å². The smallest absolute Gasteiger partial charge is 0.393 e. The number of anilines is 1. The van der Waals surface area contributed by atoms with E-state index < -0.39 is 47.9 Å². The highest BCUT2D eigenvalue weighted by molar-refractivity contribution is 6.33. The average molecular weight is 522 g/mol. The van der Waals surface area contributed by atoms with E-state index in [0.717, 1.165) is 31.2 Å². The zero-order chi connectivity index (χ0) is 26.2. The van der Waals surface area contributed by atoms with Gasteiger partial charge in [0.1, 0.15) is 0 Å². The van der Waals surface area contributed by atoms with Gasteiger partial charge in [-0.25, -0.2) is 0 Å². The highest BCUT2D eigenvalue weighted by Gasteiger charge is 2.50. The maximum absolute atomic E-state index is 13.6. The van der Waals surface area contributed by atoms with Gasteiger partial charge in [0.15, 0.2) is 0 Å². The number of benzene rings is 2. The van der Waals surface area contributed by atoms with Crippen molar-refractivity contribution in [2.24, 2.45) is 11.3 Å². The van der Waals surface area contributed by atoms with Crippen molar-refractivity contribution < 1.29 is 41.0 Å². The molecular formula is C24H22ClF6NO3. The van der Waals surface area contributed by atoms with E-state index in [4.69, 9.17) is 11.6 Å². The summed E-state index contributed by atoms with van der Waals surface area (Å²) in [5.74, 6) is -5.91. The molecule has 0 heterocycles. The van der Waals surface area contributed by atoms with E-state index in [2.05, 4.69) is 5.32 Å². The molecule has 4 nitrogen and oxygen atoms in total.